The zero-order valence-electron chi connectivity index (χ0n) is 37.2. The molecule has 4 rings (SSSR count). The summed E-state index contributed by atoms with van der Waals surface area (Å²) in [5.41, 5.74) is 23.0. The summed E-state index contributed by atoms with van der Waals surface area (Å²) in [4.78, 5) is 39.1. The van der Waals surface area contributed by atoms with Gasteiger partial charge in [-0.15, -0.1) is 0 Å². The first-order valence-electron chi connectivity index (χ1n) is 14.7. The molecule has 4 unspecified atom stereocenters. The number of carbonyl (C=O) groups excluding carboxylic acids is 2. The topological polar surface area (TPSA) is 259 Å². The Hall–Kier alpha value is 5.02. The molecule has 0 saturated carbocycles. The summed E-state index contributed by atoms with van der Waals surface area (Å²) in [6.45, 7) is 22.4. The van der Waals surface area contributed by atoms with Crippen molar-refractivity contribution in [3.05, 3.63) is 88.8 Å². The fourth-order valence-electron chi connectivity index (χ4n) is 2.39. The van der Waals surface area contributed by atoms with Crippen LogP contribution in [0.1, 0.15) is 51.4 Å². The number of hydrogen-bond donors (Lipinski definition) is 6. The third kappa shape index (κ3) is 244. The molecule has 0 aliphatic carbocycles. The van der Waals surface area contributed by atoms with Crippen LogP contribution in [0.15, 0.2) is 11.6 Å². The van der Waals surface area contributed by atoms with Gasteiger partial charge in [-0.2, -0.15) is 85.2 Å². The maximum atomic E-state index is 9.78. The maximum absolute atomic E-state index is 9.78. The molecule has 366 valence electrons. The van der Waals surface area contributed by atoms with Gasteiger partial charge in [0.1, 0.15) is 0 Å². The van der Waals surface area contributed by atoms with Gasteiger partial charge in [0.05, 0.1) is 0 Å². The molecule has 0 aromatic carbocycles. The van der Waals surface area contributed by atoms with E-state index in [-0.39, 0.29) is 210 Å². The largest absolute Gasteiger partial charge is 2.00 e. The van der Waals surface area contributed by atoms with Gasteiger partial charge in [0.15, 0.2) is 0 Å². The van der Waals surface area contributed by atoms with Crippen molar-refractivity contribution in [2.75, 3.05) is 68.5 Å². The van der Waals surface area contributed by atoms with Crippen molar-refractivity contribution < 1.29 is 225 Å². The predicted octanol–water partition coefficient (Wildman–Crippen LogP) is 6.07. The minimum Gasteiger partial charge on any atom is -0.680 e. The molecule has 4 heterocycles. The van der Waals surface area contributed by atoms with E-state index >= 15 is 0 Å². The standard InChI is InChI=1S/2C5H7NO.2C4H8N.2C2H4P.2CH6NP.4CH4N.2CHO2.2CH3.6V.4W/c2*7-5-6-3-1-2-4-6;2*1-2-4-5-3-1;4*1-2-3;4*1-2;2*2-1-3;;;;;;;;;;;;/h2*3H,1-2,4H2;2*3,5H,1-2,4H2;2*1-2H,3H2;2*2H,3H2,1H3;4*2H,1H3;2*(H,2,3);2*1H3;;;;;;;;;;/q2*-2;4*-1;;;8*-1;6*+2;;;;. The molecule has 0 spiro atoms. The third-order valence-corrected chi connectivity index (χ3v) is 3.77. The van der Waals surface area contributed by atoms with Crippen LogP contribution >= 0.6 is 37.3 Å². The van der Waals surface area contributed by atoms with Crippen LogP contribution in [0.3, 0.4) is 0 Å². The quantitative estimate of drug-likeness (QED) is 0.137. The molecule has 0 aromatic rings. The van der Waals surface area contributed by atoms with Crippen molar-refractivity contribution in [2.24, 2.45) is 0 Å². The molecule has 6 radical (unpaired) electrons. The molecule has 10 N–H and O–H groups in total. The molecule has 30 heteroatoms. The van der Waals surface area contributed by atoms with Crippen LogP contribution in [0.25, 0.3) is 22.9 Å². The van der Waals surface area contributed by atoms with Crippen LogP contribution in [0.4, 0.5) is 0 Å². The van der Waals surface area contributed by atoms with E-state index < -0.39 is 0 Å². The smallest absolute Gasteiger partial charge is 0.680 e. The van der Waals surface area contributed by atoms with Gasteiger partial charge in [0, 0.05) is 84.3 Å². The molecule has 62 heavy (non-hydrogen) atoms. The number of nitrogens with one attached hydrogen (secondary N) is 8. The van der Waals surface area contributed by atoms with Gasteiger partial charge in [0.2, 0.25) is 0 Å². The number of rotatable bonds is 2. The number of hydrogen-bond acceptors (Lipinski definition) is 8. The SMILES string of the molecule is CNP.CNP.C[NH-].C[NH-].C[NH-].C[NH-].O=[C-]N1[CH-]CCC1.O=[C-]N1[CH-]CCC1.O=[C-]O.O=[C-]O.[CH-]1CCCN1.[CH-]1CCCN1.[CH-]=CP.[CH-]=CP.[CH3-].[CH3-].[V+2].[V+2].[V+2].[V+2].[V+2].[V+2].[W].[W].[W].[W]. The summed E-state index contributed by atoms with van der Waals surface area (Å²) in [5, 5.41) is 25.1. The number of likely N-dealkylation sites (tertiary alicyclic amines) is 2. The molecule has 4 aliphatic heterocycles. The van der Waals surface area contributed by atoms with E-state index in [1.807, 2.05) is 27.2 Å². The second-order valence-electron chi connectivity index (χ2n) is 6.96. The van der Waals surface area contributed by atoms with Gasteiger partial charge in [-0.05, 0) is 40.3 Å². The van der Waals surface area contributed by atoms with Crippen molar-refractivity contribution in [2.45, 2.75) is 51.4 Å². The van der Waals surface area contributed by atoms with Gasteiger partial charge < -0.3 is 111 Å². The fraction of sp³-hybridized carbons (Fsp3) is 0.562. The Labute approximate surface area is 520 Å². The van der Waals surface area contributed by atoms with Crippen molar-refractivity contribution in [1.29, 1.82) is 0 Å². The van der Waals surface area contributed by atoms with E-state index in [0.29, 0.717) is 12.9 Å². The molecular formula is C32H74N10O6P4V6W4-4. The number of nitrogens with zero attached hydrogens (tertiary/aromatic N) is 2. The second-order valence-corrected chi connectivity index (χ2v) is 8.89. The second kappa shape index (κ2) is 204. The van der Waals surface area contributed by atoms with Crippen molar-refractivity contribution in [3.63, 3.8) is 0 Å². The van der Waals surface area contributed by atoms with E-state index in [0.717, 1.165) is 38.8 Å². The summed E-state index contributed by atoms with van der Waals surface area (Å²) in [5.74, 6) is 2.83. The third-order valence-electron chi connectivity index (χ3n) is 3.77. The molecule has 4 atom stereocenters. The van der Waals surface area contributed by atoms with Crippen LogP contribution in [0.2, 0.25) is 0 Å². The summed E-state index contributed by atoms with van der Waals surface area (Å²) in [6, 6.07) is 0. The Kier molecular flexibility index (Phi) is 473. The Balaban J connectivity index is -0.0000000140. The normalized spacial score (nSPS) is 10.2. The van der Waals surface area contributed by atoms with Crippen molar-refractivity contribution in [1.82, 2.24) is 30.6 Å². The van der Waals surface area contributed by atoms with Crippen molar-refractivity contribution in [3.8, 4) is 0 Å². The van der Waals surface area contributed by atoms with Gasteiger partial charge >= 0.3 is 111 Å². The number of amides is 2. The van der Waals surface area contributed by atoms with Crippen LogP contribution < -0.4 is 20.8 Å². The summed E-state index contributed by atoms with van der Waals surface area (Å²) in [6.07, 6.45) is 13.1. The summed E-state index contributed by atoms with van der Waals surface area (Å²) < 4.78 is 0. The van der Waals surface area contributed by atoms with Gasteiger partial charge in [-0.1, -0.05) is 57.4 Å². The van der Waals surface area contributed by atoms with E-state index in [1.165, 1.54) is 78.6 Å². The zero-order valence-corrected chi connectivity index (χ0v) is 61.9. The molecule has 4 saturated heterocycles. The van der Waals surface area contributed by atoms with E-state index in [2.05, 4.69) is 84.3 Å². The Morgan fingerprint density at radius 1 is 0.565 bits per heavy atom. The molecule has 16 nitrogen and oxygen atoms in total. The molecule has 4 aliphatic rings. The minimum atomic E-state index is 0. The van der Waals surface area contributed by atoms with Gasteiger partial charge in [-0.25, -0.2) is 0 Å². The summed E-state index contributed by atoms with van der Waals surface area (Å²) in [7, 11) is 17.8. The predicted molar refractivity (Wildman–Crippen MR) is 240 cm³/mol. The van der Waals surface area contributed by atoms with Crippen LogP contribution in [-0.4, -0.2) is 114 Å². The first kappa shape index (κ1) is 144. The van der Waals surface area contributed by atoms with E-state index in [4.69, 9.17) is 42.7 Å². The van der Waals surface area contributed by atoms with E-state index in [1.54, 1.807) is 22.6 Å². The fourth-order valence-corrected chi connectivity index (χ4v) is 2.39. The molecule has 2 amide bonds. The molecule has 0 bridgehead atoms. The Morgan fingerprint density at radius 2 is 0.742 bits per heavy atom. The first-order chi connectivity index (χ1) is 24.3. The van der Waals surface area contributed by atoms with E-state index in [9.17, 15) is 9.59 Å². The van der Waals surface area contributed by atoms with Crippen LogP contribution in [-0.2, 0) is 215 Å². The molecular weight excluding hydrogens is 1790 g/mol. The Bertz CT molecular complexity index is 506. The molecule has 0 aromatic heterocycles. The summed E-state index contributed by atoms with van der Waals surface area (Å²) >= 11 is 0. The average molecular weight is 1860 g/mol. The van der Waals surface area contributed by atoms with Gasteiger partial charge in [0.25, 0.3) is 0 Å². The van der Waals surface area contributed by atoms with Crippen molar-refractivity contribution >= 4 is 63.0 Å². The molecule has 4 fully saturated rings. The van der Waals surface area contributed by atoms with Crippen LogP contribution in [0, 0.1) is 54.2 Å². The maximum Gasteiger partial charge on any atom is 2.00 e. The minimum absolute atomic E-state index is 0. The zero-order chi connectivity index (χ0) is 41.5. The van der Waals surface area contributed by atoms with Gasteiger partial charge in [-0.3, -0.25) is 37.8 Å². The first-order valence-corrected chi connectivity index (χ1v) is 17.2. The monoisotopic (exact) mass is 1860 g/mol. The average Bonchev–Trinajstić information content (AvgIpc) is 4.00. The Morgan fingerprint density at radius 3 is 0.790 bits per heavy atom. The van der Waals surface area contributed by atoms with Crippen LogP contribution in [0.5, 0.6) is 0 Å². The number of aliphatic hydroxyl groups excluding tert-OH is 2.